The van der Waals surface area contributed by atoms with Crippen molar-refractivity contribution in [3.05, 3.63) is 54.0 Å². The molecule has 0 aliphatic rings. The molecule has 1 N–H and O–H groups in total. The van der Waals surface area contributed by atoms with Gasteiger partial charge in [-0.1, -0.05) is 25.1 Å². The van der Waals surface area contributed by atoms with Crippen LogP contribution in [0.4, 0.5) is 0 Å². The number of rotatable bonds is 6. The van der Waals surface area contributed by atoms with Crippen molar-refractivity contribution in [1.29, 1.82) is 0 Å². The molecule has 3 aromatic rings. The summed E-state index contributed by atoms with van der Waals surface area (Å²) >= 11 is 0. The second-order valence-corrected chi connectivity index (χ2v) is 5.46. The molecule has 1 aromatic carbocycles. The molecule has 0 fully saturated rings. The molecule has 2 heterocycles. The molecule has 3 rings (SSSR count). The summed E-state index contributed by atoms with van der Waals surface area (Å²) in [6.07, 6.45) is 5.40. The third-order valence-corrected chi connectivity index (χ3v) is 3.71. The maximum atomic E-state index is 4.48. The zero-order valence-electron chi connectivity index (χ0n) is 12.7. The van der Waals surface area contributed by atoms with E-state index < -0.39 is 0 Å². The molecular formula is C17H22N4. The van der Waals surface area contributed by atoms with E-state index in [1.165, 1.54) is 16.5 Å². The lowest BCUT2D eigenvalue weighted by atomic mass is 10.2. The summed E-state index contributed by atoms with van der Waals surface area (Å²) in [5, 5.41) is 9.30. The van der Waals surface area contributed by atoms with E-state index >= 15 is 0 Å². The molecule has 0 spiro atoms. The van der Waals surface area contributed by atoms with E-state index in [1.54, 1.807) is 0 Å². The molecule has 0 amide bonds. The van der Waals surface area contributed by atoms with E-state index in [0.717, 1.165) is 31.7 Å². The normalized spacial score (nSPS) is 11.3. The quantitative estimate of drug-likeness (QED) is 0.705. The average Bonchev–Trinajstić information content (AvgIpc) is 3.05. The van der Waals surface area contributed by atoms with Crippen molar-refractivity contribution in [2.45, 2.75) is 26.4 Å². The fourth-order valence-electron chi connectivity index (χ4n) is 2.72. The number of aryl methyl sites for hydroxylation is 1. The first-order chi connectivity index (χ1) is 10.3. The highest BCUT2D eigenvalue weighted by molar-refractivity contribution is 5.84. The highest BCUT2D eigenvalue weighted by atomic mass is 15.3. The highest BCUT2D eigenvalue weighted by Gasteiger charge is 2.09. The van der Waals surface area contributed by atoms with E-state index in [4.69, 9.17) is 0 Å². The summed E-state index contributed by atoms with van der Waals surface area (Å²) in [6.45, 7) is 4.98. The largest absolute Gasteiger partial charge is 0.341 e. The van der Waals surface area contributed by atoms with E-state index in [-0.39, 0.29) is 0 Å². The number of hydrogen-bond acceptors (Lipinski definition) is 2. The predicted octanol–water partition coefficient (Wildman–Crippen LogP) is 2.92. The van der Waals surface area contributed by atoms with E-state index in [0.29, 0.717) is 0 Å². The minimum Gasteiger partial charge on any atom is -0.341 e. The molecule has 21 heavy (non-hydrogen) atoms. The maximum absolute atomic E-state index is 4.48. The van der Waals surface area contributed by atoms with Crippen molar-refractivity contribution in [3.63, 3.8) is 0 Å². The number of nitrogens with one attached hydrogen (secondary N) is 1. The van der Waals surface area contributed by atoms with Crippen LogP contribution in [0.5, 0.6) is 0 Å². The second kappa shape index (κ2) is 6.14. The number of para-hydroxylation sites is 1. The first-order valence-corrected chi connectivity index (χ1v) is 7.54. The monoisotopic (exact) mass is 282 g/mol. The molecule has 110 valence electrons. The Morgan fingerprint density at radius 3 is 2.81 bits per heavy atom. The lowest BCUT2D eigenvalue weighted by Crippen LogP contribution is -2.13. The van der Waals surface area contributed by atoms with E-state index in [2.05, 4.69) is 58.4 Å². The van der Waals surface area contributed by atoms with Crippen LogP contribution < -0.4 is 5.32 Å². The molecule has 4 nitrogen and oxygen atoms in total. The first kappa shape index (κ1) is 13.9. The standard InChI is InChI=1S/C17H22N4/c1-3-9-18-11-14-12-21(13-15-8-10-20(2)19-15)17-7-5-4-6-16(14)17/h4-8,10,12,18H,3,9,11,13H2,1-2H3. The van der Waals surface area contributed by atoms with Gasteiger partial charge < -0.3 is 9.88 Å². The van der Waals surface area contributed by atoms with Crippen molar-refractivity contribution in [2.75, 3.05) is 6.54 Å². The van der Waals surface area contributed by atoms with Gasteiger partial charge in [0.05, 0.1) is 12.2 Å². The van der Waals surface area contributed by atoms with Crippen LogP contribution in [0, 0.1) is 0 Å². The lowest BCUT2D eigenvalue weighted by Gasteiger charge is -2.02. The van der Waals surface area contributed by atoms with E-state index in [9.17, 15) is 0 Å². The van der Waals surface area contributed by atoms with Crippen LogP contribution in [0.1, 0.15) is 24.6 Å². The Hall–Kier alpha value is -2.07. The SMILES string of the molecule is CCCNCc1cn(Cc2ccn(C)n2)c2ccccc12. The van der Waals surface area contributed by atoms with Gasteiger partial charge in [0.1, 0.15) is 0 Å². The van der Waals surface area contributed by atoms with Gasteiger partial charge in [0.25, 0.3) is 0 Å². The Morgan fingerprint density at radius 2 is 2.05 bits per heavy atom. The van der Waals surface area contributed by atoms with Gasteiger partial charge in [0, 0.05) is 36.9 Å². The molecule has 0 aliphatic carbocycles. The summed E-state index contributed by atoms with van der Waals surface area (Å²) in [4.78, 5) is 0. The number of fused-ring (bicyclic) bond motifs is 1. The third-order valence-electron chi connectivity index (χ3n) is 3.71. The Labute approximate surface area is 125 Å². The molecule has 4 heteroatoms. The summed E-state index contributed by atoms with van der Waals surface area (Å²) < 4.78 is 4.14. The van der Waals surface area contributed by atoms with Gasteiger partial charge in [-0.15, -0.1) is 0 Å². The second-order valence-electron chi connectivity index (χ2n) is 5.46. The van der Waals surface area contributed by atoms with Crippen molar-refractivity contribution in [2.24, 2.45) is 7.05 Å². The van der Waals surface area contributed by atoms with Gasteiger partial charge in [0.15, 0.2) is 0 Å². The van der Waals surface area contributed by atoms with Crippen LogP contribution in [0.2, 0.25) is 0 Å². The highest BCUT2D eigenvalue weighted by Crippen LogP contribution is 2.22. The summed E-state index contributed by atoms with van der Waals surface area (Å²) in [6, 6.07) is 10.7. The molecule has 0 unspecified atom stereocenters. The van der Waals surface area contributed by atoms with Crippen LogP contribution in [0.25, 0.3) is 10.9 Å². The van der Waals surface area contributed by atoms with Crippen molar-refractivity contribution in [1.82, 2.24) is 19.7 Å². The van der Waals surface area contributed by atoms with Gasteiger partial charge in [-0.25, -0.2) is 0 Å². The maximum Gasteiger partial charge on any atom is 0.0821 e. The van der Waals surface area contributed by atoms with Gasteiger partial charge >= 0.3 is 0 Å². The minimum atomic E-state index is 0.815. The number of nitrogens with zero attached hydrogens (tertiary/aromatic N) is 3. The van der Waals surface area contributed by atoms with Crippen LogP contribution in [0.15, 0.2) is 42.7 Å². The molecule has 0 atom stereocenters. The van der Waals surface area contributed by atoms with E-state index in [1.807, 2.05) is 17.9 Å². The zero-order valence-corrected chi connectivity index (χ0v) is 12.7. The van der Waals surface area contributed by atoms with Gasteiger partial charge in [0.2, 0.25) is 0 Å². The van der Waals surface area contributed by atoms with Gasteiger partial charge in [-0.05, 0) is 30.7 Å². The van der Waals surface area contributed by atoms with Gasteiger partial charge in [-0.3, -0.25) is 4.68 Å². The molecule has 0 radical (unpaired) electrons. The lowest BCUT2D eigenvalue weighted by molar-refractivity contribution is 0.673. The van der Waals surface area contributed by atoms with Crippen LogP contribution in [-0.2, 0) is 20.1 Å². The van der Waals surface area contributed by atoms with Crippen molar-refractivity contribution in [3.8, 4) is 0 Å². The molecule has 0 saturated heterocycles. The van der Waals surface area contributed by atoms with Crippen LogP contribution in [-0.4, -0.2) is 20.9 Å². The van der Waals surface area contributed by atoms with Crippen molar-refractivity contribution >= 4 is 10.9 Å². The van der Waals surface area contributed by atoms with Crippen LogP contribution >= 0.6 is 0 Å². The number of aromatic nitrogens is 3. The van der Waals surface area contributed by atoms with Crippen LogP contribution in [0.3, 0.4) is 0 Å². The molecule has 2 aromatic heterocycles. The summed E-state index contributed by atoms with van der Waals surface area (Å²) in [5.74, 6) is 0. The molecular weight excluding hydrogens is 260 g/mol. The minimum absolute atomic E-state index is 0.815. The predicted molar refractivity (Wildman–Crippen MR) is 86.2 cm³/mol. The molecule has 0 saturated carbocycles. The molecule has 0 bridgehead atoms. The first-order valence-electron chi connectivity index (χ1n) is 7.54. The summed E-state index contributed by atoms with van der Waals surface area (Å²) in [7, 11) is 1.96. The molecule has 0 aliphatic heterocycles. The topological polar surface area (TPSA) is 34.8 Å². The number of benzene rings is 1. The van der Waals surface area contributed by atoms with Gasteiger partial charge in [-0.2, -0.15) is 5.10 Å². The average molecular weight is 282 g/mol. The smallest absolute Gasteiger partial charge is 0.0821 e. The Balaban J connectivity index is 1.90. The Morgan fingerprint density at radius 1 is 1.19 bits per heavy atom. The Bertz CT molecular complexity index is 723. The summed E-state index contributed by atoms with van der Waals surface area (Å²) in [5.41, 5.74) is 3.72. The fourth-order valence-corrected chi connectivity index (χ4v) is 2.72. The van der Waals surface area contributed by atoms with Crippen molar-refractivity contribution < 1.29 is 0 Å². The fraction of sp³-hybridized carbons (Fsp3) is 0.353. The Kier molecular flexibility index (Phi) is 4.06. The zero-order chi connectivity index (χ0) is 14.7. The third kappa shape index (κ3) is 3.00. The number of hydrogen-bond donors (Lipinski definition) is 1.